The summed E-state index contributed by atoms with van der Waals surface area (Å²) < 4.78 is 15.0. The van der Waals surface area contributed by atoms with Gasteiger partial charge in [0.25, 0.3) is 5.56 Å². The van der Waals surface area contributed by atoms with Gasteiger partial charge in [-0.1, -0.05) is 0 Å². The van der Waals surface area contributed by atoms with Gasteiger partial charge in [0.05, 0.1) is 11.2 Å². The summed E-state index contributed by atoms with van der Waals surface area (Å²) in [5, 5.41) is 5.19. The maximum absolute atomic E-state index is 13.4. The predicted octanol–water partition coefficient (Wildman–Crippen LogP) is 2.55. The standard InChI is InChI=1S/C19H20FN5O/c1-13-2-5-18(26)25(23-13)11-14-6-8-24(9-7-14)19-16-4-3-15(20)10-17(16)21-12-22-19/h2-5,10,12,14H,6-9,11H2,1H3. The summed E-state index contributed by atoms with van der Waals surface area (Å²) in [7, 11) is 0. The van der Waals surface area contributed by atoms with Crippen LogP contribution in [-0.2, 0) is 6.54 Å². The van der Waals surface area contributed by atoms with Crippen LogP contribution >= 0.6 is 0 Å². The number of aryl methyl sites for hydroxylation is 1. The molecule has 134 valence electrons. The third-order valence-corrected chi connectivity index (χ3v) is 4.92. The van der Waals surface area contributed by atoms with Gasteiger partial charge in [0, 0.05) is 37.2 Å². The number of aromatic nitrogens is 4. The summed E-state index contributed by atoms with van der Waals surface area (Å²) in [6.07, 6.45) is 3.39. The van der Waals surface area contributed by atoms with Crippen LogP contribution in [-0.4, -0.2) is 32.8 Å². The number of halogens is 1. The van der Waals surface area contributed by atoms with E-state index in [1.807, 2.05) is 6.92 Å². The Kier molecular flexibility index (Phi) is 4.36. The van der Waals surface area contributed by atoms with Gasteiger partial charge in [-0.2, -0.15) is 5.10 Å². The zero-order valence-corrected chi connectivity index (χ0v) is 14.6. The summed E-state index contributed by atoms with van der Waals surface area (Å²) in [4.78, 5) is 22.7. The Labute approximate surface area is 150 Å². The fourth-order valence-corrected chi connectivity index (χ4v) is 3.52. The highest BCUT2D eigenvalue weighted by Gasteiger charge is 2.22. The van der Waals surface area contributed by atoms with E-state index in [0.29, 0.717) is 18.0 Å². The molecular formula is C19H20FN5O. The van der Waals surface area contributed by atoms with E-state index in [9.17, 15) is 9.18 Å². The lowest BCUT2D eigenvalue weighted by atomic mass is 9.96. The molecule has 0 bridgehead atoms. The maximum Gasteiger partial charge on any atom is 0.266 e. The van der Waals surface area contributed by atoms with Crippen molar-refractivity contribution in [1.82, 2.24) is 19.7 Å². The molecule has 0 radical (unpaired) electrons. The summed E-state index contributed by atoms with van der Waals surface area (Å²) >= 11 is 0. The Morgan fingerprint density at radius 2 is 1.96 bits per heavy atom. The molecule has 0 unspecified atom stereocenters. The average Bonchev–Trinajstić information content (AvgIpc) is 2.65. The SMILES string of the molecule is Cc1ccc(=O)n(CC2CCN(c3ncnc4cc(F)ccc34)CC2)n1. The van der Waals surface area contributed by atoms with Gasteiger partial charge in [-0.05, 0) is 43.9 Å². The first-order valence-corrected chi connectivity index (χ1v) is 8.80. The van der Waals surface area contributed by atoms with Crippen LogP contribution in [0.2, 0.25) is 0 Å². The number of nitrogens with zero attached hydrogens (tertiary/aromatic N) is 5. The van der Waals surface area contributed by atoms with E-state index in [-0.39, 0.29) is 11.4 Å². The van der Waals surface area contributed by atoms with E-state index in [2.05, 4.69) is 20.0 Å². The van der Waals surface area contributed by atoms with Gasteiger partial charge in [-0.3, -0.25) is 4.79 Å². The van der Waals surface area contributed by atoms with Gasteiger partial charge < -0.3 is 4.90 Å². The lowest BCUT2D eigenvalue weighted by molar-refractivity contribution is 0.333. The molecule has 3 heterocycles. The average molecular weight is 353 g/mol. The van der Waals surface area contributed by atoms with Gasteiger partial charge in [0.2, 0.25) is 0 Å². The third kappa shape index (κ3) is 3.29. The second-order valence-corrected chi connectivity index (χ2v) is 6.78. The summed E-state index contributed by atoms with van der Waals surface area (Å²) in [5.74, 6) is 0.958. The molecule has 1 fully saturated rings. The summed E-state index contributed by atoms with van der Waals surface area (Å²) in [6, 6.07) is 7.93. The normalized spacial score (nSPS) is 15.5. The molecule has 0 spiro atoms. The highest BCUT2D eigenvalue weighted by molar-refractivity contribution is 5.89. The highest BCUT2D eigenvalue weighted by Crippen LogP contribution is 2.28. The van der Waals surface area contributed by atoms with Crippen LogP contribution in [0.25, 0.3) is 10.9 Å². The van der Waals surface area contributed by atoms with Crippen molar-refractivity contribution in [2.75, 3.05) is 18.0 Å². The molecule has 0 atom stereocenters. The lowest BCUT2D eigenvalue weighted by Gasteiger charge is -2.33. The number of benzene rings is 1. The zero-order valence-electron chi connectivity index (χ0n) is 14.6. The fourth-order valence-electron chi connectivity index (χ4n) is 3.52. The maximum atomic E-state index is 13.4. The van der Waals surface area contributed by atoms with Gasteiger partial charge in [0.15, 0.2) is 0 Å². The molecule has 3 aromatic rings. The molecule has 4 rings (SSSR count). The second kappa shape index (κ2) is 6.82. The first-order chi connectivity index (χ1) is 12.6. The molecule has 6 nitrogen and oxygen atoms in total. The third-order valence-electron chi connectivity index (χ3n) is 4.92. The molecule has 1 aliphatic heterocycles. The molecule has 7 heteroatoms. The second-order valence-electron chi connectivity index (χ2n) is 6.78. The van der Waals surface area contributed by atoms with Crippen molar-refractivity contribution in [3.05, 3.63) is 58.5 Å². The Bertz CT molecular complexity index is 995. The Morgan fingerprint density at radius 3 is 2.77 bits per heavy atom. The Hall–Kier alpha value is -2.83. The van der Waals surface area contributed by atoms with E-state index in [1.54, 1.807) is 22.9 Å². The van der Waals surface area contributed by atoms with Crippen LogP contribution in [0.1, 0.15) is 18.5 Å². The van der Waals surface area contributed by atoms with Crippen LogP contribution in [0.5, 0.6) is 0 Å². The molecule has 26 heavy (non-hydrogen) atoms. The number of piperidine rings is 1. The van der Waals surface area contributed by atoms with Crippen LogP contribution in [0.3, 0.4) is 0 Å². The van der Waals surface area contributed by atoms with E-state index in [4.69, 9.17) is 0 Å². The smallest absolute Gasteiger partial charge is 0.266 e. The molecular weight excluding hydrogens is 333 g/mol. The minimum Gasteiger partial charge on any atom is -0.356 e. The molecule has 0 aliphatic carbocycles. The van der Waals surface area contributed by atoms with Crippen LogP contribution in [0.15, 0.2) is 41.5 Å². The quantitative estimate of drug-likeness (QED) is 0.724. The minimum absolute atomic E-state index is 0.0538. The predicted molar refractivity (Wildman–Crippen MR) is 97.7 cm³/mol. The first kappa shape index (κ1) is 16.6. The van der Waals surface area contributed by atoms with Crippen molar-refractivity contribution >= 4 is 16.7 Å². The fraction of sp³-hybridized carbons (Fsp3) is 0.368. The van der Waals surface area contributed by atoms with Crippen molar-refractivity contribution in [2.24, 2.45) is 5.92 Å². The monoisotopic (exact) mass is 353 g/mol. The van der Waals surface area contributed by atoms with Crippen molar-refractivity contribution in [3.63, 3.8) is 0 Å². The molecule has 1 saturated heterocycles. The van der Waals surface area contributed by atoms with E-state index < -0.39 is 0 Å². The van der Waals surface area contributed by atoms with Crippen molar-refractivity contribution in [3.8, 4) is 0 Å². The van der Waals surface area contributed by atoms with Crippen molar-refractivity contribution in [2.45, 2.75) is 26.3 Å². The van der Waals surface area contributed by atoms with Gasteiger partial charge in [0.1, 0.15) is 18.0 Å². The van der Waals surface area contributed by atoms with Crippen LogP contribution < -0.4 is 10.5 Å². The number of rotatable bonds is 3. The van der Waals surface area contributed by atoms with Gasteiger partial charge in [-0.15, -0.1) is 0 Å². The number of hydrogen-bond donors (Lipinski definition) is 0. The molecule has 2 aromatic heterocycles. The molecule has 0 saturated carbocycles. The number of hydrogen-bond acceptors (Lipinski definition) is 5. The Morgan fingerprint density at radius 1 is 1.15 bits per heavy atom. The minimum atomic E-state index is -0.294. The van der Waals surface area contributed by atoms with E-state index in [0.717, 1.165) is 42.8 Å². The van der Waals surface area contributed by atoms with Crippen molar-refractivity contribution < 1.29 is 4.39 Å². The van der Waals surface area contributed by atoms with Gasteiger partial charge >= 0.3 is 0 Å². The lowest BCUT2D eigenvalue weighted by Crippen LogP contribution is -2.37. The Balaban J connectivity index is 1.49. The molecule has 0 N–H and O–H groups in total. The first-order valence-electron chi connectivity index (χ1n) is 8.80. The van der Waals surface area contributed by atoms with Gasteiger partial charge in [-0.25, -0.2) is 19.0 Å². The largest absolute Gasteiger partial charge is 0.356 e. The molecule has 1 aromatic carbocycles. The van der Waals surface area contributed by atoms with Crippen LogP contribution in [0, 0.1) is 18.7 Å². The number of fused-ring (bicyclic) bond motifs is 1. The summed E-state index contributed by atoms with van der Waals surface area (Å²) in [5.41, 5.74) is 1.41. The highest BCUT2D eigenvalue weighted by atomic mass is 19.1. The van der Waals surface area contributed by atoms with E-state index in [1.165, 1.54) is 18.5 Å². The molecule has 1 aliphatic rings. The van der Waals surface area contributed by atoms with Crippen molar-refractivity contribution in [1.29, 1.82) is 0 Å². The van der Waals surface area contributed by atoms with E-state index >= 15 is 0 Å². The molecule has 0 amide bonds. The summed E-state index contributed by atoms with van der Waals surface area (Å²) in [6.45, 7) is 4.22. The number of anilines is 1. The topological polar surface area (TPSA) is 63.9 Å². The zero-order chi connectivity index (χ0) is 18.1. The van der Waals surface area contributed by atoms with Crippen LogP contribution in [0.4, 0.5) is 10.2 Å².